The SMILES string of the molecule is CC(OC(=O)Cc1cnn(-c2ccccc2)c1)C(=O)Nc1cc(F)ccc1F. The maximum atomic E-state index is 13.6. The fourth-order valence-electron chi connectivity index (χ4n) is 2.46. The molecule has 1 aromatic heterocycles. The van der Waals surface area contributed by atoms with Crippen LogP contribution >= 0.6 is 0 Å². The number of halogens is 2. The number of carbonyl (C=O) groups excluding carboxylic acids is 2. The fraction of sp³-hybridized carbons (Fsp3) is 0.150. The lowest BCUT2D eigenvalue weighted by atomic mass is 10.2. The molecule has 0 saturated carbocycles. The summed E-state index contributed by atoms with van der Waals surface area (Å²) in [6.07, 6.45) is 1.95. The first kappa shape index (κ1) is 19.2. The number of nitrogens with one attached hydrogen (secondary N) is 1. The van der Waals surface area contributed by atoms with Crippen LogP contribution < -0.4 is 5.32 Å². The van der Waals surface area contributed by atoms with Gasteiger partial charge in [0.1, 0.15) is 11.6 Å². The molecule has 1 heterocycles. The molecule has 0 aliphatic carbocycles. The van der Waals surface area contributed by atoms with Gasteiger partial charge in [0.15, 0.2) is 6.10 Å². The average molecular weight is 385 g/mol. The molecule has 0 aliphatic heterocycles. The van der Waals surface area contributed by atoms with Crippen LogP contribution in [0.25, 0.3) is 5.69 Å². The van der Waals surface area contributed by atoms with Crippen LogP contribution in [0.3, 0.4) is 0 Å². The highest BCUT2D eigenvalue weighted by Crippen LogP contribution is 2.16. The van der Waals surface area contributed by atoms with Gasteiger partial charge in [-0.25, -0.2) is 13.5 Å². The Labute approximate surface area is 159 Å². The number of hydrogen-bond donors (Lipinski definition) is 1. The van der Waals surface area contributed by atoms with Crippen molar-refractivity contribution in [2.24, 2.45) is 0 Å². The molecule has 0 bridgehead atoms. The number of benzene rings is 2. The summed E-state index contributed by atoms with van der Waals surface area (Å²) in [6.45, 7) is 1.35. The topological polar surface area (TPSA) is 73.2 Å². The molecule has 6 nitrogen and oxygen atoms in total. The lowest BCUT2D eigenvalue weighted by Crippen LogP contribution is -2.30. The molecule has 1 N–H and O–H groups in total. The summed E-state index contributed by atoms with van der Waals surface area (Å²) in [7, 11) is 0. The molecule has 8 heteroatoms. The third-order valence-corrected chi connectivity index (χ3v) is 3.87. The first-order valence-corrected chi connectivity index (χ1v) is 8.47. The number of nitrogens with zero attached hydrogens (tertiary/aromatic N) is 2. The Kier molecular flexibility index (Phi) is 5.78. The second-order valence-electron chi connectivity index (χ2n) is 6.05. The van der Waals surface area contributed by atoms with Crippen LogP contribution in [0.5, 0.6) is 0 Å². The van der Waals surface area contributed by atoms with Gasteiger partial charge in [-0.3, -0.25) is 9.59 Å². The highest BCUT2D eigenvalue weighted by Gasteiger charge is 2.20. The summed E-state index contributed by atoms with van der Waals surface area (Å²) in [5.41, 5.74) is 1.13. The first-order valence-electron chi connectivity index (χ1n) is 8.47. The first-order chi connectivity index (χ1) is 13.4. The Hall–Kier alpha value is -3.55. The van der Waals surface area contributed by atoms with Crippen molar-refractivity contribution in [3.63, 3.8) is 0 Å². The molecule has 0 fully saturated rings. The summed E-state index contributed by atoms with van der Waals surface area (Å²) in [5.74, 6) is -2.90. The molecule has 0 saturated heterocycles. The normalized spacial score (nSPS) is 11.7. The molecular formula is C20H17F2N3O3. The predicted octanol–water partition coefficient (Wildman–Crippen LogP) is 3.26. The summed E-state index contributed by atoms with van der Waals surface area (Å²) in [6, 6.07) is 12.0. The van der Waals surface area contributed by atoms with Crippen LogP contribution in [0.15, 0.2) is 60.9 Å². The van der Waals surface area contributed by atoms with Gasteiger partial charge in [0.2, 0.25) is 0 Å². The zero-order chi connectivity index (χ0) is 20.1. The van der Waals surface area contributed by atoms with Gasteiger partial charge < -0.3 is 10.1 Å². The minimum atomic E-state index is -1.18. The number of esters is 1. The zero-order valence-corrected chi connectivity index (χ0v) is 14.9. The Bertz CT molecular complexity index is 989. The van der Waals surface area contributed by atoms with Gasteiger partial charge in [-0.05, 0) is 31.2 Å². The van der Waals surface area contributed by atoms with E-state index in [2.05, 4.69) is 10.4 Å². The molecule has 1 atom stereocenters. The molecule has 3 aromatic rings. The van der Waals surface area contributed by atoms with E-state index in [-0.39, 0.29) is 12.1 Å². The average Bonchev–Trinajstić information content (AvgIpc) is 3.13. The second kappa shape index (κ2) is 8.43. The Morgan fingerprint density at radius 1 is 1.18 bits per heavy atom. The molecule has 1 unspecified atom stereocenters. The van der Waals surface area contributed by atoms with Crippen molar-refractivity contribution in [1.29, 1.82) is 0 Å². The van der Waals surface area contributed by atoms with Crippen molar-refractivity contribution in [2.45, 2.75) is 19.4 Å². The van der Waals surface area contributed by atoms with Crippen molar-refractivity contribution in [3.8, 4) is 5.69 Å². The highest BCUT2D eigenvalue weighted by atomic mass is 19.1. The van der Waals surface area contributed by atoms with E-state index >= 15 is 0 Å². The number of hydrogen-bond acceptors (Lipinski definition) is 4. The maximum absolute atomic E-state index is 13.6. The number of ether oxygens (including phenoxy) is 1. The predicted molar refractivity (Wildman–Crippen MR) is 97.8 cm³/mol. The Morgan fingerprint density at radius 2 is 1.93 bits per heavy atom. The van der Waals surface area contributed by atoms with Gasteiger partial charge in [0, 0.05) is 17.8 Å². The van der Waals surface area contributed by atoms with E-state index in [9.17, 15) is 18.4 Å². The zero-order valence-electron chi connectivity index (χ0n) is 14.9. The van der Waals surface area contributed by atoms with E-state index in [1.807, 2.05) is 30.3 Å². The maximum Gasteiger partial charge on any atom is 0.311 e. The molecule has 28 heavy (non-hydrogen) atoms. The molecule has 144 valence electrons. The molecule has 2 aromatic carbocycles. The minimum Gasteiger partial charge on any atom is -0.452 e. The largest absolute Gasteiger partial charge is 0.452 e. The minimum absolute atomic E-state index is 0.0845. The smallest absolute Gasteiger partial charge is 0.311 e. The third-order valence-electron chi connectivity index (χ3n) is 3.87. The van der Waals surface area contributed by atoms with Crippen molar-refractivity contribution in [1.82, 2.24) is 9.78 Å². The third kappa shape index (κ3) is 4.79. The molecule has 0 spiro atoms. The molecule has 0 radical (unpaired) electrons. The van der Waals surface area contributed by atoms with E-state index in [0.29, 0.717) is 5.56 Å². The number of anilines is 1. The van der Waals surface area contributed by atoms with E-state index in [1.54, 1.807) is 10.9 Å². The number of carbonyl (C=O) groups is 2. The van der Waals surface area contributed by atoms with E-state index in [4.69, 9.17) is 4.74 Å². The van der Waals surface area contributed by atoms with Crippen LogP contribution in [0, 0.1) is 11.6 Å². The van der Waals surface area contributed by atoms with Crippen LogP contribution in [0.1, 0.15) is 12.5 Å². The number of rotatable bonds is 6. The van der Waals surface area contributed by atoms with Gasteiger partial charge in [-0.1, -0.05) is 18.2 Å². The van der Waals surface area contributed by atoms with Crippen molar-refractivity contribution in [2.75, 3.05) is 5.32 Å². The van der Waals surface area contributed by atoms with Crippen LogP contribution in [-0.2, 0) is 20.7 Å². The lowest BCUT2D eigenvalue weighted by molar-refractivity contribution is -0.152. The monoisotopic (exact) mass is 385 g/mol. The number of para-hydroxylation sites is 1. The Morgan fingerprint density at radius 3 is 2.68 bits per heavy atom. The van der Waals surface area contributed by atoms with E-state index in [0.717, 1.165) is 23.9 Å². The van der Waals surface area contributed by atoms with Crippen LogP contribution in [0.4, 0.5) is 14.5 Å². The molecular weight excluding hydrogens is 368 g/mol. The van der Waals surface area contributed by atoms with Gasteiger partial charge in [0.05, 0.1) is 24.0 Å². The number of amides is 1. The fourth-order valence-corrected chi connectivity index (χ4v) is 2.46. The van der Waals surface area contributed by atoms with Crippen molar-refractivity contribution in [3.05, 3.63) is 78.1 Å². The summed E-state index contributed by atoms with van der Waals surface area (Å²) >= 11 is 0. The highest BCUT2D eigenvalue weighted by molar-refractivity contribution is 5.95. The summed E-state index contributed by atoms with van der Waals surface area (Å²) < 4.78 is 33.4. The lowest BCUT2D eigenvalue weighted by Gasteiger charge is -2.13. The summed E-state index contributed by atoms with van der Waals surface area (Å²) in [5, 5.41) is 6.38. The quantitative estimate of drug-likeness (QED) is 0.661. The van der Waals surface area contributed by atoms with Crippen molar-refractivity contribution >= 4 is 17.6 Å². The summed E-state index contributed by atoms with van der Waals surface area (Å²) in [4.78, 5) is 24.1. The number of aromatic nitrogens is 2. The molecule has 3 rings (SSSR count). The van der Waals surface area contributed by atoms with Crippen LogP contribution in [0.2, 0.25) is 0 Å². The standard InChI is InChI=1S/C20H17F2N3O3/c1-13(20(27)24-18-10-15(21)7-8-17(18)22)28-19(26)9-14-11-23-25(12-14)16-5-3-2-4-6-16/h2-8,10-13H,9H2,1H3,(H,24,27). The van der Waals surface area contributed by atoms with Crippen molar-refractivity contribution < 1.29 is 23.1 Å². The van der Waals surface area contributed by atoms with Crippen LogP contribution in [-0.4, -0.2) is 27.8 Å². The molecule has 1 amide bonds. The van der Waals surface area contributed by atoms with Gasteiger partial charge >= 0.3 is 5.97 Å². The van der Waals surface area contributed by atoms with E-state index < -0.39 is 29.6 Å². The van der Waals surface area contributed by atoms with Gasteiger partial charge in [-0.2, -0.15) is 5.10 Å². The second-order valence-corrected chi connectivity index (χ2v) is 6.05. The van der Waals surface area contributed by atoms with Gasteiger partial charge in [0.25, 0.3) is 5.91 Å². The van der Waals surface area contributed by atoms with Gasteiger partial charge in [-0.15, -0.1) is 0 Å². The van der Waals surface area contributed by atoms with E-state index in [1.165, 1.54) is 13.1 Å². The Balaban J connectivity index is 1.56. The molecule has 0 aliphatic rings.